The molecule has 1 heterocycles. The van der Waals surface area contributed by atoms with Gasteiger partial charge in [-0.05, 0) is 42.5 Å². The smallest absolute Gasteiger partial charge is 0.434 e. The first-order chi connectivity index (χ1) is 12.3. The van der Waals surface area contributed by atoms with Crippen molar-refractivity contribution in [3.63, 3.8) is 0 Å². The highest BCUT2D eigenvalue weighted by Gasteiger charge is 2.35. The van der Waals surface area contributed by atoms with Gasteiger partial charge in [0.2, 0.25) is 0 Å². The molecule has 0 aliphatic rings. The molecule has 0 bridgehead atoms. The Morgan fingerprint density at radius 3 is 2.38 bits per heavy atom. The molecule has 26 heavy (non-hydrogen) atoms. The average Bonchev–Trinajstić information content (AvgIpc) is 3.07. The number of aldehydes is 1. The van der Waals surface area contributed by atoms with E-state index in [2.05, 4.69) is 4.98 Å². The summed E-state index contributed by atoms with van der Waals surface area (Å²) in [6, 6.07) is 10.7. The monoisotopic (exact) mass is 380 g/mol. The van der Waals surface area contributed by atoms with Crippen LogP contribution in [-0.2, 0) is 6.18 Å². The average molecular weight is 381 g/mol. The predicted octanol–water partition coefficient (Wildman–Crippen LogP) is 5.03. The van der Waals surface area contributed by atoms with Crippen molar-refractivity contribution in [2.45, 2.75) is 6.18 Å². The van der Waals surface area contributed by atoms with Crippen LogP contribution in [0.5, 0.6) is 5.75 Å². The summed E-state index contributed by atoms with van der Waals surface area (Å²) >= 11 is 6.09. The van der Waals surface area contributed by atoms with Crippen LogP contribution in [0.15, 0.2) is 48.7 Å². The quantitative estimate of drug-likeness (QED) is 0.596. The zero-order chi connectivity index (χ0) is 18.9. The summed E-state index contributed by atoms with van der Waals surface area (Å²) in [5, 5.41) is 0.254. The lowest BCUT2D eigenvalue weighted by Crippen LogP contribution is -2.05. The van der Waals surface area contributed by atoms with Crippen molar-refractivity contribution in [2.24, 2.45) is 0 Å². The van der Waals surface area contributed by atoms with Gasteiger partial charge in [0.1, 0.15) is 17.9 Å². The van der Waals surface area contributed by atoms with Gasteiger partial charge in [-0.3, -0.25) is 9.36 Å². The zero-order valence-corrected chi connectivity index (χ0v) is 14.2. The second-order valence-electron chi connectivity index (χ2n) is 5.38. The fourth-order valence-electron chi connectivity index (χ4n) is 2.44. The molecule has 0 aliphatic heterocycles. The molecule has 0 aliphatic carbocycles. The van der Waals surface area contributed by atoms with Gasteiger partial charge in [0, 0.05) is 23.0 Å². The lowest BCUT2D eigenvalue weighted by molar-refractivity contribution is -0.140. The standard InChI is InChI=1S/C18H12ClF3N2O2/c1-26-15-7-4-12(8-14(15)19)17-23-16(18(20,21)22)9-24(17)13-5-2-11(10-25)3-6-13/h2-10H,1H3. The number of halogens is 4. The number of rotatable bonds is 4. The molecule has 4 nitrogen and oxygen atoms in total. The van der Waals surface area contributed by atoms with Gasteiger partial charge >= 0.3 is 6.18 Å². The molecule has 1 aromatic heterocycles. The van der Waals surface area contributed by atoms with Gasteiger partial charge < -0.3 is 4.74 Å². The maximum absolute atomic E-state index is 13.2. The van der Waals surface area contributed by atoms with Gasteiger partial charge in [0.05, 0.1) is 12.1 Å². The number of nitrogens with zero attached hydrogens (tertiary/aromatic N) is 2. The van der Waals surface area contributed by atoms with E-state index in [-0.39, 0.29) is 10.8 Å². The number of carbonyl (C=O) groups excluding carboxylic acids is 1. The highest BCUT2D eigenvalue weighted by molar-refractivity contribution is 6.32. The number of carbonyl (C=O) groups is 1. The van der Waals surface area contributed by atoms with Gasteiger partial charge in [-0.2, -0.15) is 13.2 Å². The van der Waals surface area contributed by atoms with E-state index in [0.29, 0.717) is 28.8 Å². The summed E-state index contributed by atoms with van der Waals surface area (Å²) in [6.07, 6.45) is -3.04. The van der Waals surface area contributed by atoms with Crippen LogP contribution in [0.1, 0.15) is 16.1 Å². The number of methoxy groups -OCH3 is 1. The Morgan fingerprint density at radius 1 is 1.15 bits per heavy atom. The lowest BCUT2D eigenvalue weighted by Gasteiger charge is -2.09. The summed E-state index contributed by atoms with van der Waals surface area (Å²) in [4.78, 5) is 14.5. The predicted molar refractivity (Wildman–Crippen MR) is 91.0 cm³/mol. The van der Waals surface area contributed by atoms with Crippen LogP contribution < -0.4 is 4.74 Å². The minimum absolute atomic E-state index is 0.0701. The van der Waals surface area contributed by atoms with E-state index >= 15 is 0 Å². The van der Waals surface area contributed by atoms with Gasteiger partial charge in [-0.1, -0.05) is 11.6 Å². The summed E-state index contributed by atoms with van der Waals surface area (Å²) in [5.41, 5.74) is 0.212. The number of aromatic nitrogens is 2. The molecular weight excluding hydrogens is 369 g/mol. The van der Waals surface area contributed by atoms with Crippen molar-refractivity contribution in [1.29, 1.82) is 0 Å². The van der Waals surface area contributed by atoms with E-state index in [1.54, 1.807) is 24.3 Å². The van der Waals surface area contributed by atoms with E-state index in [4.69, 9.17) is 16.3 Å². The van der Waals surface area contributed by atoms with E-state index in [1.165, 1.54) is 29.9 Å². The SMILES string of the molecule is COc1ccc(-c2nc(C(F)(F)F)cn2-c2ccc(C=O)cc2)cc1Cl. The second kappa shape index (κ2) is 6.84. The largest absolute Gasteiger partial charge is 0.495 e. The normalized spacial score (nSPS) is 11.4. The van der Waals surface area contributed by atoms with Crippen LogP contribution in [0.3, 0.4) is 0 Å². The molecule has 0 saturated carbocycles. The van der Waals surface area contributed by atoms with Crippen LogP contribution in [0.2, 0.25) is 5.02 Å². The molecule has 3 rings (SSSR count). The maximum atomic E-state index is 13.2. The Hall–Kier alpha value is -2.80. The van der Waals surface area contributed by atoms with Crippen LogP contribution in [0.4, 0.5) is 13.2 Å². The highest BCUT2D eigenvalue weighted by Crippen LogP contribution is 2.35. The first kappa shape index (κ1) is 18.0. The van der Waals surface area contributed by atoms with E-state index in [9.17, 15) is 18.0 Å². The molecule has 0 radical (unpaired) electrons. The fraction of sp³-hybridized carbons (Fsp3) is 0.111. The molecule has 0 spiro atoms. The molecule has 0 amide bonds. The van der Waals surface area contributed by atoms with Crippen LogP contribution in [0.25, 0.3) is 17.1 Å². The minimum Gasteiger partial charge on any atom is -0.495 e. The molecule has 134 valence electrons. The Labute approximate surface area is 151 Å². The van der Waals surface area contributed by atoms with Gasteiger partial charge in [-0.25, -0.2) is 4.98 Å². The Morgan fingerprint density at radius 2 is 1.85 bits per heavy atom. The molecule has 0 atom stereocenters. The first-order valence-electron chi connectivity index (χ1n) is 7.39. The van der Waals surface area contributed by atoms with Crippen molar-refractivity contribution in [2.75, 3.05) is 7.11 Å². The fourth-order valence-corrected chi connectivity index (χ4v) is 2.69. The van der Waals surface area contributed by atoms with Gasteiger partial charge in [0.15, 0.2) is 5.69 Å². The zero-order valence-electron chi connectivity index (χ0n) is 13.4. The van der Waals surface area contributed by atoms with Crippen molar-refractivity contribution in [1.82, 2.24) is 9.55 Å². The Balaban J connectivity index is 2.18. The summed E-state index contributed by atoms with van der Waals surface area (Å²) in [6.45, 7) is 0. The van der Waals surface area contributed by atoms with E-state index in [0.717, 1.165) is 6.20 Å². The molecule has 2 aromatic carbocycles. The van der Waals surface area contributed by atoms with Crippen LogP contribution in [0, 0.1) is 0 Å². The van der Waals surface area contributed by atoms with Crippen molar-refractivity contribution in [3.8, 4) is 22.8 Å². The topological polar surface area (TPSA) is 44.1 Å². The van der Waals surface area contributed by atoms with Crippen molar-refractivity contribution in [3.05, 3.63) is 64.9 Å². The van der Waals surface area contributed by atoms with E-state index < -0.39 is 11.9 Å². The molecule has 0 saturated heterocycles. The van der Waals surface area contributed by atoms with Gasteiger partial charge in [0.25, 0.3) is 0 Å². The third-order valence-electron chi connectivity index (χ3n) is 3.71. The number of imidazole rings is 1. The molecule has 3 aromatic rings. The summed E-state index contributed by atoms with van der Waals surface area (Å²) in [5.74, 6) is 0.473. The molecule has 0 N–H and O–H groups in total. The number of ether oxygens (including phenoxy) is 1. The van der Waals surface area contributed by atoms with Crippen molar-refractivity contribution >= 4 is 17.9 Å². The third kappa shape index (κ3) is 3.43. The van der Waals surface area contributed by atoms with Crippen molar-refractivity contribution < 1.29 is 22.7 Å². The second-order valence-corrected chi connectivity index (χ2v) is 5.78. The maximum Gasteiger partial charge on any atom is 0.434 e. The minimum atomic E-state index is -4.60. The van der Waals surface area contributed by atoms with E-state index in [1.807, 2.05) is 0 Å². The number of benzene rings is 2. The van der Waals surface area contributed by atoms with Gasteiger partial charge in [-0.15, -0.1) is 0 Å². The number of hydrogen-bond donors (Lipinski definition) is 0. The number of alkyl halides is 3. The first-order valence-corrected chi connectivity index (χ1v) is 7.77. The molecular formula is C18H12ClF3N2O2. The third-order valence-corrected chi connectivity index (χ3v) is 4.01. The number of hydrogen-bond acceptors (Lipinski definition) is 3. The highest BCUT2D eigenvalue weighted by atomic mass is 35.5. The summed E-state index contributed by atoms with van der Waals surface area (Å²) < 4.78 is 45.8. The molecule has 0 unspecified atom stereocenters. The molecule has 8 heteroatoms. The Kier molecular flexibility index (Phi) is 4.73. The Bertz CT molecular complexity index is 950. The summed E-state index contributed by atoms with van der Waals surface area (Å²) in [7, 11) is 1.44. The molecule has 0 fully saturated rings. The lowest BCUT2D eigenvalue weighted by atomic mass is 10.2. The van der Waals surface area contributed by atoms with Crippen LogP contribution >= 0.6 is 11.6 Å². The van der Waals surface area contributed by atoms with Crippen LogP contribution in [-0.4, -0.2) is 22.9 Å².